The van der Waals surface area contributed by atoms with E-state index in [0.29, 0.717) is 10.6 Å². The topological polar surface area (TPSA) is 26.0 Å². The Balaban J connectivity index is 2.88. The Kier molecular flexibility index (Phi) is 4.56. The van der Waals surface area contributed by atoms with Crippen LogP contribution in [0.15, 0.2) is 41.9 Å². The van der Waals surface area contributed by atoms with Crippen molar-refractivity contribution < 1.29 is 4.39 Å². The van der Waals surface area contributed by atoms with Crippen LogP contribution >= 0.6 is 11.6 Å². The van der Waals surface area contributed by atoms with Gasteiger partial charge in [0.05, 0.1) is 0 Å². The van der Waals surface area contributed by atoms with Crippen molar-refractivity contribution in [1.29, 1.82) is 0 Å². The van der Waals surface area contributed by atoms with E-state index in [1.807, 2.05) is 19.1 Å². The number of hydrogen-bond acceptors (Lipinski definition) is 1. The van der Waals surface area contributed by atoms with Gasteiger partial charge in [0, 0.05) is 11.4 Å². The fourth-order valence-electron chi connectivity index (χ4n) is 1.37. The maximum atomic E-state index is 13.5. The third-order valence-electron chi connectivity index (χ3n) is 2.21. The second kappa shape index (κ2) is 5.71. The summed E-state index contributed by atoms with van der Waals surface area (Å²) in [5.74, 6) is -0.244. The van der Waals surface area contributed by atoms with Crippen LogP contribution in [0.1, 0.15) is 18.1 Å². The zero-order chi connectivity index (χ0) is 12.1. The number of nitrogens with two attached hydrogens (primary N) is 1. The zero-order valence-corrected chi connectivity index (χ0v) is 10.2. The highest BCUT2D eigenvalue weighted by Gasteiger charge is 2.04. The SMILES string of the molecule is CC(=C/N)/C=C(/F)Cc1cc(C)ccc1Cl. The molecule has 0 aliphatic heterocycles. The van der Waals surface area contributed by atoms with Crippen LogP contribution in [0.25, 0.3) is 0 Å². The van der Waals surface area contributed by atoms with Crippen LogP contribution < -0.4 is 5.73 Å². The van der Waals surface area contributed by atoms with Gasteiger partial charge in [-0.2, -0.15) is 0 Å². The first-order valence-corrected chi connectivity index (χ1v) is 5.40. The molecule has 0 spiro atoms. The molecule has 0 fully saturated rings. The first-order chi connectivity index (χ1) is 7.52. The highest BCUT2D eigenvalue weighted by atomic mass is 35.5. The van der Waals surface area contributed by atoms with Crippen molar-refractivity contribution in [3.05, 3.63) is 58.0 Å². The third kappa shape index (κ3) is 3.70. The van der Waals surface area contributed by atoms with Gasteiger partial charge in [-0.3, -0.25) is 0 Å². The van der Waals surface area contributed by atoms with Gasteiger partial charge in [-0.1, -0.05) is 29.3 Å². The molecule has 3 heteroatoms. The molecule has 0 saturated carbocycles. The van der Waals surface area contributed by atoms with E-state index in [1.165, 1.54) is 12.3 Å². The molecule has 1 aromatic rings. The van der Waals surface area contributed by atoms with Crippen molar-refractivity contribution in [2.24, 2.45) is 5.73 Å². The van der Waals surface area contributed by atoms with Crippen LogP contribution in [-0.2, 0) is 6.42 Å². The van der Waals surface area contributed by atoms with Gasteiger partial charge < -0.3 is 5.73 Å². The van der Waals surface area contributed by atoms with E-state index in [9.17, 15) is 4.39 Å². The van der Waals surface area contributed by atoms with Gasteiger partial charge >= 0.3 is 0 Å². The van der Waals surface area contributed by atoms with Gasteiger partial charge in [0.15, 0.2) is 0 Å². The Morgan fingerprint density at radius 2 is 2.19 bits per heavy atom. The highest BCUT2D eigenvalue weighted by Crippen LogP contribution is 2.21. The van der Waals surface area contributed by atoms with Gasteiger partial charge in [-0.25, -0.2) is 4.39 Å². The largest absolute Gasteiger partial charge is 0.404 e. The number of hydrogen-bond donors (Lipinski definition) is 1. The summed E-state index contributed by atoms with van der Waals surface area (Å²) in [6, 6.07) is 5.57. The number of halogens is 2. The number of aryl methyl sites for hydroxylation is 1. The quantitative estimate of drug-likeness (QED) is 0.796. The second-order valence-electron chi connectivity index (χ2n) is 3.77. The van der Waals surface area contributed by atoms with E-state index < -0.39 is 0 Å². The second-order valence-corrected chi connectivity index (χ2v) is 4.18. The molecule has 0 bridgehead atoms. The Labute approximate surface area is 100 Å². The summed E-state index contributed by atoms with van der Waals surface area (Å²) in [6.07, 6.45) is 2.99. The van der Waals surface area contributed by atoms with Crippen molar-refractivity contribution in [2.75, 3.05) is 0 Å². The van der Waals surface area contributed by atoms with Crippen LogP contribution in [0.4, 0.5) is 4.39 Å². The molecule has 0 radical (unpaired) electrons. The van der Waals surface area contributed by atoms with Crippen molar-refractivity contribution in [1.82, 2.24) is 0 Å². The van der Waals surface area contributed by atoms with Gasteiger partial charge in [0.2, 0.25) is 0 Å². The summed E-state index contributed by atoms with van der Waals surface area (Å²) in [5.41, 5.74) is 7.82. The standard InChI is InChI=1S/C13H15ClFN/c1-9-3-4-13(14)11(5-9)7-12(15)6-10(2)8-16/h3-6,8H,7,16H2,1-2H3/b10-8-,12-6+. The first kappa shape index (κ1) is 12.8. The van der Waals surface area contributed by atoms with Crippen LogP contribution in [-0.4, -0.2) is 0 Å². The summed E-state index contributed by atoms with van der Waals surface area (Å²) in [6.45, 7) is 3.70. The molecule has 2 N–H and O–H groups in total. The number of benzene rings is 1. The lowest BCUT2D eigenvalue weighted by Crippen LogP contribution is -1.90. The predicted molar refractivity (Wildman–Crippen MR) is 67.0 cm³/mol. The van der Waals surface area contributed by atoms with Crippen LogP contribution in [0, 0.1) is 6.92 Å². The summed E-state index contributed by atoms with van der Waals surface area (Å²) in [7, 11) is 0. The summed E-state index contributed by atoms with van der Waals surface area (Å²) >= 11 is 5.98. The molecule has 0 aliphatic rings. The maximum absolute atomic E-state index is 13.5. The van der Waals surface area contributed by atoms with Crippen molar-refractivity contribution >= 4 is 11.6 Å². The highest BCUT2D eigenvalue weighted by molar-refractivity contribution is 6.31. The minimum atomic E-state index is -0.244. The summed E-state index contributed by atoms with van der Waals surface area (Å²) < 4.78 is 13.5. The van der Waals surface area contributed by atoms with E-state index in [2.05, 4.69) is 0 Å². The van der Waals surface area contributed by atoms with Gasteiger partial charge in [-0.05, 0) is 43.3 Å². The Bertz CT molecular complexity index is 436. The van der Waals surface area contributed by atoms with Crippen molar-refractivity contribution in [3.63, 3.8) is 0 Å². The molecule has 1 rings (SSSR count). The third-order valence-corrected chi connectivity index (χ3v) is 2.58. The Morgan fingerprint density at radius 3 is 2.81 bits per heavy atom. The molecular weight excluding hydrogens is 225 g/mol. The van der Waals surface area contributed by atoms with Crippen molar-refractivity contribution in [2.45, 2.75) is 20.3 Å². The van der Waals surface area contributed by atoms with Crippen LogP contribution in [0.3, 0.4) is 0 Å². The molecule has 0 saturated heterocycles. The molecule has 0 aliphatic carbocycles. The fraction of sp³-hybridized carbons (Fsp3) is 0.231. The van der Waals surface area contributed by atoms with Crippen LogP contribution in [0.5, 0.6) is 0 Å². The first-order valence-electron chi connectivity index (χ1n) is 5.02. The molecular formula is C13H15ClFN. The van der Waals surface area contributed by atoms with E-state index in [4.69, 9.17) is 17.3 Å². The lowest BCUT2D eigenvalue weighted by Gasteiger charge is -2.04. The van der Waals surface area contributed by atoms with Gasteiger partial charge in [-0.15, -0.1) is 0 Å². The van der Waals surface area contributed by atoms with E-state index in [0.717, 1.165) is 11.1 Å². The van der Waals surface area contributed by atoms with E-state index in [1.54, 1.807) is 13.0 Å². The Morgan fingerprint density at radius 1 is 1.50 bits per heavy atom. The summed E-state index contributed by atoms with van der Waals surface area (Å²) in [5, 5.41) is 0.587. The smallest absolute Gasteiger partial charge is 0.105 e. The van der Waals surface area contributed by atoms with Gasteiger partial charge in [0.1, 0.15) is 5.83 Å². The van der Waals surface area contributed by atoms with Crippen LogP contribution in [0.2, 0.25) is 5.02 Å². The lowest BCUT2D eigenvalue weighted by molar-refractivity contribution is 0.611. The summed E-state index contributed by atoms with van der Waals surface area (Å²) in [4.78, 5) is 0. The van der Waals surface area contributed by atoms with E-state index >= 15 is 0 Å². The average Bonchev–Trinajstić information content (AvgIpc) is 2.23. The number of rotatable bonds is 3. The maximum Gasteiger partial charge on any atom is 0.105 e. The molecule has 1 nitrogen and oxygen atoms in total. The molecule has 0 amide bonds. The Hall–Kier alpha value is -1.28. The van der Waals surface area contributed by atoms with Gasteiger partial charge in [0.25, 0.3) is 0 Å². The minimum absolute atomic E-state index is 0.200. The van der Waals surface area contributed by atoms with E-state index in [-0.39, 0.29) is 12.2 Å². The molecule has 1 aromatic carbocycles. The molecule has 16 heavy (non-hydrogen) atoms. The molecule has 86 valence electrons. The normalized spacial score (nSPS) is 13.0. The molecule has 0 unspecified atom stereocenters. The van der Waals surface area contributed by atoms with Crippen molar-refractivity contribution in [3.8, 4) is 0 Å². The average molecular weight is 240 g/mol. The minimum Gasteiger partial charge on any atom is -0.404 e. The molecule has 0 heterocycles. The fourth-order valence-corrected chi connectivity index (χ4v) is 1.55. The monoisotopic (exact) mass is 239 g/mol. The predicted octanol–water partition coefficient (Wildman–Crippen LogP) is 3.91. The number of allylic oxidation sites excluding steroid dienone is 3. The zero-order valence-electron chi connectivity index (χ0n) is 9.43. The molecule has 0 aromatic heterocycles. The molecule has 0 atom stereocenters. The lowest BCUT2D eigenvalue weighted by atomic mass is 10.1.